The standard InChI is InChI=1S/C20H18N4O4S/c1-3-13-5-8-16(27-2)18(11-13)29(25,26)24-20-15-7-6-14(12-17(15)28-23-20)19-21-9-4-10-22-19/h4-12H,3H2,1-2H3,(H,23,24). The van der Waals surface area contributed by atoms with Crippen molar-refractivity contribution in [2.24, 2.45) is 0 Å². The van der Waals surface area contributed by atoms with Gasteiger partial charge in [-0.2, -0.15) is 0 Å². The van der Waals surface area contributed by atoms with Crippen molar-refractivity contribution >= 4 is 26.8 Å². The Hall–Kier alpha value is -3.46. The maximum absolute atomic E-state index is 13.0. The van der Waals surface area contributed by atoms with E-state index in [1.165, 1.54) is 7.11 Å². The minimum Gasteiger partial charge on any atom is -0.495 e. The van der Waals surface area contributed by atoms with E-state index in [0.29, 0.717) is 23.2 Å². The van der Waals surface area contributed by atoms with Crippen LogP contribution in [0.5, 0.6) is 5.75 Å². The van der Waals surface area contributed by atoms with Crippen LogP contribution in [-0.2, 0) is 16.4 Å². The third-order valence-corrected chi connectivity index (χ3v) is 5.81. The van der Waals surface area contributed by atoms with Gasteiger partial charge in [0.1, 0.15) is 10.6 Å². The lowest BCUT2D eigenvalue weighted by Gasteiger charge is -2.11. The van der Waals surface area contributed by atoms with Gasteiger partial charge in [0.25, 0.3) is 10.0 Å². The zero-order valence-electron chi connectivity index (χ0n) is 15.8. The lowest BCUT2D eigenvalue weighted by atomic mass is 10.1. The number of aromatic nitrogens is 3. The SMILES string of the molecule is CCc1ccc(OC)c(S(=O)(=O)Nc2noc3cc(-c4ncccn4)ccc23)c1. The number of fused-ring (bicyclic) bond motifs is 1. The van der Waals surface area contributed by atoms with Crippen LogP contribution in [0.3, 0.4) is 0 Å². The third-order valence-electron chi connectivity index (χ3n) is 4.45. The molecule has 0 saturated carbocycles. The van der Waals surface area contributed by atoms with Crippen molar-refractivity contribution in [1.82, 2.24) is 15.1 Å². The normalized spacial score (nSPS) is 11.5. The molecule has 0 saturated heterocycles. The molecule has 29 heavy (non-hydrogen) atoms. The van der Waals surface area contributed by atoms with Crippen LogP contribution < -0.4 is 9.46 Å². The van der Waals surface area contributed by atoms with Crippen molar-refractivity contribution in [2.75, 3.05) is 11.8 Å². The second-order valence-corrected chi connectivity index (χ2v) is 7.91. The number of hydrogen-bond acceptors (Lipinski definition) is 7. The molecule has 4 rings (SSSR count). The highest BCUT2D eigenvalue weighted by Gasteiger charge is 2.23. The molecule has 0 atom stereocenters. The molecular weight excluding hydrogens is 392 g/mol. The second-order valence-electron chi connectivity index (χ2n) is 6.26. The zero-order chi connectivity index (χ0) is 20.4. The van der Waals surface area contributed by atoms with Crippen molar-refractivity contribution in [1.29, 1.82) is 0 Å². The van der Waals surface area contributed by atoms with Gasteiger partial charge in [-0.05, 0) is 42.3 Å². The number of nitrogens with zero attached hydrogens (tertiary/aromatic N) is 3. The molecule has 0 bridgehead atoms. The van der Waals surface area contributed by atoms with Crippen molar-refractivity contribution in [3.05, 3.63) is 60.4 Å². The molecule has 0 amide bonds. The Kier molecular flexibility index (Phi) is 4.89. The highest BCUT2D eigenvalue weighted by atomic mass is 32.2. The molecule has 148 valence electrons. The van der Waals surface area contributed by atoms with Crippen LogP contribution in [0.4, 0.5) is 5.82 Å². The summed E-state index contributed by atoms with van der Waals surface area (Å²) in [5.74, 6) is 0.893. The molecule has 0 unspecified atom stereocenters. The smallest absolute Gasteiger partial charge is 0.266 e. The van der Waals surface area contributed by atoms with E-state index in [9.17, 15) is 8.42 Å². The Bertz CT molecular complexity index is 1270. The van der Waals surface area contributed by atoms with Crippen LogP contribution in [-0.4, -0.2) is 30.7 Å². The molecule has 9 heteroatoms. The number of methoxy groups -OCH3 is 1. The molecule has 0 aliphatic heterocycles. The van der Waals surface area contributed by atoms with Gasteiger partial charge >= 0.3 is 0 Å². The minimum absolute atomic E-state index is 0.0461. The summed E-state index contributed by atoms with van der Waals surface area (Å²) in [7, 11) is -2.51. The Morgan fingerprint density at radius 2 is 1.90 bits per heavy atom. The molecule has 8 nitrogen and oxygen atoms in total. The predicted octanol–water partition coefficient (Wildman–Crippen LogP) is 3.66. The van der Waals surface area contributed by atoms with Crippen LogP contribution in [0.2, 0.25) is 0 Å². The molecule has 0 fully saturated rings. The van der Waals surface area contributed by atoms with Crippen molar-refractivity contribution in [3.8, 4) is 17.1 Å². The number of hydrogen-bond donors (Lipinski definition) is 1. The topological polar surface area (TPSA) is 107 Å². The molecule has 0 aliphatic carbocycles. The summed E-state index contributed by atoms with van der Waals surface area (Å²) < 4.78 is 39.0. The minimum atomic E-state index is -3.93. The highest BCUT2D eigenvalue weighted by molar-refractivity contribution is 7.92. The maximum Gasteiger partial charge on any atom is 0.266 e. The van der Waals surface area contributed by atoms with E-state index < -0.39 is 10.0 Å². The first kappa shape index (κ1) is 18.9. The van der Waals surface area contributed by atoms with Gasteiger partial charge in [0.2, 0.25) is 0 Å². The summed E-state index contributed by atoms with van der Waals surface area (Å²) >= 11 is 0. The van der Waals surface area contributed by atoms with Crippen molar-refractivity contribution in [2.45, 2.75) is 18.2 Å². The summed E-state index contributed by atoms with van der Waals surface area (Å²) in [5, 5.41) is 4.42. The monoisotopic (exact) mass is 410 g/mol. The lowest BCUT2D eigenvalue weighted by Crippen LogP contribution is -2.15. The number of nitrogens with one attached hydrogen (secondary N) is 1. The number of anilines is 1. The molecule has 4 aromatic rings. The first-order chi connectivity index (χ1) is 14.0. The largest absolute Gasteiger partial charge is 0.495 e. The number of rotatable bonds is 6. The Balaban J connectivity index is 1.71. The van der Waals surface area contributed by atoms with E-state index in [1.54, 1.807) is 48.8 Å². The van der Waals surface area contributed by atoms with Crippen LogP contribution in [0.15, 0.2) is 64.3 Å². The number of ether oxygens (including phenoxy) is 1. The summed E-state index contributed by atoms with van der Waals surface area (Å²) in [6.07, 6.45) is 3.98. The van der Waals surface area contributed by atoms with Gasteiger partial charge in [-0.25, -0.2) is 18.4 Å². The molecule has 0 radical (unpaired) electrons. The molecule has 2 heterocycles. The van der Waals surface area contributed by atoms with Crippen molar-refractivity contribution in [3.63, 3.8) is 0 Å². The Labute approximate surface area is 167 Å². The number of benzene rings is 2. The highest BCUT2D eigenvalue weighted by Crippen LogP contribution is 2.31. The van der Waals surface area contributed by atoms with E-state index >= 15 is 0 Å². The first-order valence-corrected chi connectivity index (χ1v) is 10.4. The third kappa shape index (κ3) is 3.64. The van der Waals surface area contributed by atoms with Gasteiger partial charge in [-0.1, -0.05) is 24.2 Å². The van der Waals surface area contributed by atoms with E-state index in [0.717, 1.165) is 11.1 Å². The summed E-state index contributed by atoms with van der Waals surface area (Å²) in [6, 6.07) is 12.0. The van der Waals surface area contributed by atoms with Gasteiger partial charge in [0.15, 0.2) is 17.2 Å². The van der Waals surface area contributed by atoms with E-state index in [-0.39, 0.29) is 16.5 Å². The predicted molar refractivity (Wildman–Crippen MR) is 108 cm³/mol. The van der Waals surface area contributed by atoms with E-state index in [4.69, 9.17) is 9.26 Å². The second kappa shape index (κ2) is 7.51. The van der Waals surface area contributed by atoms with Gasteiger partial charge in [-0.3, -0.25) is 4.72 Å². The fourth-order valence-electron chi connectivity index (χ4n) is 2.93. The lowest BCUT2D eigenvalue weighted by molar-refractivity contribution is 0.402. The van der Waals surface area contributed by atoms with Gasteiger partial charge in [-0.15, -0.1) is 0 Å². The summed E-state index contributed by atoms with van der Waals surface area (Å²) in [4.78, 5) is 8.44. The van der Waals surface area contributed by atoms with Gasteiger partial charge < -0.3 is 9.26 Å². The molecule has 0 aliphatic rings. The first-order valence-electron chi connectivity index (χ1n) is 8.88. The quantitative estimate of drug-likeness (QED) is 0.517. The molecular formula is C20H18N4O4S. The zero-order valence-corrected chi connectivity index (χ0v) is 16.6. The Morgan fingerprint density at radius 1 is 1.10 bits per heavy atom. The summed E-state index contributed by atoms with van der Waals surface area (Å²) in [5.41, 5.74) is 2.03. The molecule has 0 spiro atoms. The van der Waals surface area contributed by atoms with Crippen LogP contribution in [0.25, 0.3) is 22.4 Å². The van der Waals surface area contributed by atoms with E-state index in [2.05, 4.69) is 19.8 Å². The fourth-order valence-corrected chi connectivity index (χ4v) is 4.17. The van der Waals surface area contributed by atoms with Crippen LogP contribution in [0.1, 0.15) is 12.5 Å². The van der Waals surface area contributed by atoms with Crippen molar-refractivity contribution < 1.29 is 17.7 Å². The fraction of sp³-hybridized carbons (Fsp3) is 0.150. The van der Waals surface area contributed by atoms with Gasteiger partial charge in [0.05, 0.1) is 12.5 Å². The average molecular weight is 410 g/mol. The summed E-state index contributed by atoms with van der Waals surface area (Å²) in [6.45, 7) is 1.95. The average Bonchev–Trinajstić information content (AvgIpc) is 3.15. The molecule has 2 aromatic carbocycles. The number of sulfonamides is 1. The number of aryl methyl sites for hydroxylation is 1. The van der Waals surface area contributed by atoms with Crippen LogP contribution >= 0.6 is 0 Å². The van der Waals surface area contributed by atoms with E-state index in [1.807, 2.05) is 13.0 Å². The van der Waals surface area contributed by atoms with Gasteiger partial charge in [0, 0.05) is 18.0 Å². The Morgan fingerprint density at radius 3 is 2.62 bits per heavy atom. The molecule has 2 aromatic heterocycles. The maximum atomic E-state index is 13.0. The van der Waals surface area contributed by atoms with Crippen LogP contribution in [0, 0.1) is 0 Å². The molecule has 1 N–H and O–H groups in total.